The second-order valence-corrected chi connectivity index (χ2v) is 6.26. The third-order valence-corrected chi connectivity index (χ3v) is 3.81. The normalized spacial score (nSPS) is 30.1. The molecule has 4 nitrogen and oxygen atoms in total. The number of benzene rings is 1. The van der Waals surface area contributed by atoms with Gasteiger partial charge < -0.3 is 18.8 Å². The van der Waals surface area contributed by atoms with Crippen LogP contribution in [0.3, 0.4) is 0 Å². The molecule has 2 aliphatic rings. The lowest BCUT2D eigenvalue weighted by Crippen LogP contribution is -3.20. The minimum Gasteiger partial charge on any atom is -0.601 e. The summed E-state index contributed by atoms with van der Waals surface area (Å²) in [7, 11) is 2.05. The summed E-state index contributed by atoms with van der Waals surface area (Å²) in [5, 5.41) is 0. The van der Waals surface area contributed by atoms with E-state index in [1.54, 1.807) is 0 Å². The number of likely N-dealkylation sites (N-methyl/N-ethyl adjacent to an activating group) is 1. The fourth-order valence-electron chi connectivity index (χ4n) is 2.49. The molecular formula is C13H20BNO3. The minimum atomic E-state index is -1.67. The molecule has 1 fully saturated rings. The van der Waals surface area contributed by atoms with Crippen LogP contribution >= 0.6 is 0 Å². The van der Waals surface area contributed by atoms with E-state index in [1.807, 2.05) is 13.1 Å². The van der Waals surface area contributed by atoms with Crippen LogP contribution in [0.15, 0.2) is 18.2 Å². The van der Waals surface area contributed by atoms with Gasteiger partial charge in [0.05, 0.1) is 13.2 Å². The van der Waals surface area contributed by atoms with Gasteiger partial charge in [0.15, 0.2) is 0 Å². The van der Waals surface area contributed by atoms with Gasteiger partial charge in [-0.3, -0.25) is 0 Å². The largest absolute Gasteiger partial charge is 0.739 e. The van der Waals surface area contributed by atoms with Gasteiger partial charge in [0.1, 0.15) is 11.5 Å². The monoisotopic (exact) mass is 249 g/mol. The smallest absolute Gasteiger partial charge is 0.601 e. The second-order valence-electron chi connectivity index (χ2n) is 6.26. The standard InChI is InChI=1S/C13H20BNO3/c1-13(2,3)10-5-6-11-12(9-10)18-14(17-11)15(4)7-8-16-14/h5-6,9,15H,7-8H2,1-4H3. The molecule has 1 spiro atoms. The third-order valence-electron chi connectivity index (χ3n) is 3.81. The van der Waals surface area contributed by atoms with Gasteiger partial charge in [-0.1, -0.05) is 26.8 Å². The molecule has 1 N–H and O–H groups in total. The SMILES string of the molecule is C[NH+]1CCO[B-]12Oc1ccc(C(C)(C)C)cc1O2. The van der Waals surface area contributed by atoms with Crippen LogP contribution in [0.2, 0.25) is 0 Å². The molecule has 0 radical (unpaired) electrons. The van der Waals surface area contributed by atoms with E-state index in [0.29, 0.717) is 6.61 Å². The van der Waals surface area contributed by atoms with E-state index in [9.17, 15) is 0 Å². The average molecular weight is 249 g/mol. The number of hydrogen-bond acceptors (Lipinski definition) is 3. The maximum Gasteiger partial charge on any atom is 0.739 e. The van der Waals surface area contributed by atoms with Crippen LogP contribution in [0.5, 0.6) is 11.5 Å². The van der Waals surface area contributed by atoms with Crippen molar-refractivity contribution in [2.24, 2.45) is 0 Å². The third kappa shape index (κ3) is 1.69. The Morgan fingerprint density at radius 3 is 2.50 bits per heavy atom. The van der Waals surface area contributed by atoms with Crippen LogP contribution < -0.4 is 14.1 Å². The van der Waals surface area contributed by atoms with E-state index in [4.69, 9.17) is 14.0 Å². The summed E-state index contributed by atoms with van der Waals surface area (Å²) >= 11 is 0. The molecule has 18 heavy (non-hydrogen) atoms. The summed E-state index contributed by atoms with van der Waals surface area (Å²) in [5.41, 5.74) is 1.35. The molecule has 2 unspecified atom stereocenters. The topological polar surface area (TPSA) is 32.1 Å². The highest BCUT2D eigenvalue weighted by molar-refractivity contribution is 6.54. The molecule has 1 aromatic rings. The molecule has 0 bridgehead atoms. The summed E-state index contributed by atoms with van der Waals surface area (Å²) < 4.78 is 17.6. The number of rotatable bonds is 0. The van der Waals surface area contributed by atoms with Crippen molar-refractivity contribution in [2.45, 2.75) is 26.2 Å². The Bertz CT molecular complexity index is 486. The van der Waals surface area contributed by atoms with Gasteiger partial charge >= 0.3 is 6.89 Å². The number of quaternary nitrogens is 1. The van der Waals surface area contributed by atoms with E-state index in [1.165, 1.54) is 5.56 Å². The molecule has 2 aliphatic heterocycles. The number of hydrogen-bond donors (Lipinski definition) is 1. The number of nitrogens with one attached hydrogen (secondary N) is 1. The second kappa shape index (κ2) is 3.65. The molecule has 98 valence electrons. The summed E-state index contributed by atoms with van der Waals surface area (Å²) in [6.07, 6.45) is 0. The van der Waals surface area contributed by atoms with Crippen LogP contribution in [0.1, 0.15) is 26.3 Å². The van der Waals surface area contributed by atoms with Gasteiger partial charge in [-0.05, 0) is 23.1 Å². The lowest BCUT2D eigenvalue weighted by Gasteiger charge is -2.29. The van der Waals surface area contributed by atoms with Crippen LogP contribution in [0, 0.1) is 0 Å². The predicted molar refractivity (Wildman–Crippen MR) is 69.9 cm³/mol. The van der Waals surface area contributed by atoms with Crippen molar-refractivity contribution in [3.63, 3.8) is 0 Å². The first-order valence-corrected chi connectivity index (χ1v) is 6.53. The molecule has 5 heteroatoms. The lowest BCUT2D eigenvalue weighted by molar-refractivity contribution is -0.782. The average Bonchev–Trinajstić information content (AvgIpc) is 2.81. The fraction of sp³-hybridized carbons (Fsp3) is 0.538. The fourth-order valence-corrected chi connectivity index (χ4v) is 2.49. The van der Waals surface area contributed by atoms with Crippen molar-refractivity contribution < 1.29 is 18.8 Å². The van der Waals surface area contributed by atoms with Crippen molar-refractivity contribution >= 4 is 6.89 Å². The molecule has 1 aromatic carbocycles. The van der Waals surface area contributed by atoms with E-state index in [-0.39, 0.29) is 5.41 Å². The highest BCUT2D eigenvalue weighted by Crippen LogP contribution is 2.39. The van der Waals surface area contributed by atoms with Crippen molar-refractivity contribution in [1.82, 2.24) is 0 Å². The summed E-state index contributed by atoms with van der Waals surface area (Å²) in [6.45, 7) is 6.50. The van der Waals surface area contributed by atoms with E-state index >= 15 is 0 Å². The molecule has 0 saturated carbocycles. The quantitative estimate of drug-likeness (QED) is 0.688. The minimum absolute atomic E-state index is 0.108. The Balaban J connectivity index is 1.94. The predicted octanol–water partition coefficient (Wildman–Crippen LogP) is 0.736. The van der Waals surface area contributed by atoms with Gasteiger partial charge in [0.25, 0.3) is 0 Å². The zero-order chi connectivity index (χ0) is 13.0. The Kier molecular flexibility index (Phi) is 2.41. The Hall–Kier alpha value is -1.20. The van der Waals surface area contributed by atoms with Crippen LogP contribution in [-0.2, 0) is 10.1 Å². The van der Waals surface area contributed by atoms with Crippen molar-refractivity contribution in [3.05, 3.63) is 23.8 Å². The van der Waals surface area contributed by atoms with E-state index in [0.717, 1.165) is 22.9 Å². The van der Waals surface area contributed by atoms with Gasteiger partial charge in [-0.15, -0.1) is 0 Å². The summed E-state index contributed by atoms with van der Waals surface area (Å²) in [6, 6.07) is 6.16. The Labute approximate surface area is 108 Å². The van der Waals surface area contributed by atoms with Gasteiger partial charge in [-0.25, -0.2) is 0 Å². The first-order chi connectivity index (χ1) is 8.41. The molecule has 0 aromatic heterocycles. The molecular weight excluding hydrogens is 229 g/mol. The zero-order valence-electron chi connectivity index (χ0n) is 11.4. The van der Waals surface area contributed by atoms with Crippen LogP contribution in [0.25, 0.3) is 0 Å². The van der Waals surface area contributed by atoms with Crippen LogP contribution in [0.4, 0.5) is 0 Å². The molecule has 0 amide bonds. The van der Waals surface area contributed by atoms with Crippen molar-refractivity contribution in [1.29, 1.82) is 0 Å². The molecule has 3 rings (SSSR count). The Morgan fingerprint density at radius 1 is 1.17 bits per heavy atom. The van der Waals surface area contributed by atoms with Gasteiger partial charge in [0.2, 0.25) is 0 Å². The highest BCUT2D eigenvalue weighted by Gasteiger charge is 2.55. The van der Waals surface area contributed by atoms with E-state index < -0.39 is 6.89 Å². The van der Waals surface area contributed by atoms with Crippen molar-refractivity contribution in [2.75, 3.05) is 20.2 Å². The maximum absolute atomic E-state index is 5.98. The van der Waals surface area contributed by atoms with Gasteiger partial charge in [-0.2, -0.15) is 0 Å². The molecule has 0 aliphatic carbocycles. The number of fused-ring (bicyclic) bond motifs is 1. The van der Waals surface area contributed by atoms with Gasteiger partial charge in [0, 0.05) is 7.05 Å². The van der Waals surface area contributed by atoms with Crippen LogP contribution in [-0.4, -0.2) is 27.1 Å². The zero-order valence-corrected chi connectivity index (χ0v) is 11.4. The lowest BCUT2D eigenvalue weighted by atomic mass is 9.87. The van der Waals surface area contributed by atoms with E-state index in [2.05, 4.69) is 32.9 Å². The Morgan fingerprint density at radius 2 is 1.89 bits per heavy atom. The molecule has 2 heterocycles. The first kappa shape index (κ1) is 11.9. The first-order valence-electron chi connectivity index (χ1n) is 6.53. The summed E-state index contributed by atoms with van der Waals surface area (Å²) in [4.78, 5) is 1.16. The molecule has 1 saturated heterocycles. The highest BCUT2D eigenvalue weighted by atomic mass is 16.8. The molecule has 2 atom stereocenters. The summed E-state index contributed by atoms with van der Waals surface area (Å²) in [5.74, 6) is 1.60. The maximum atomic E-state index is 5.98. The van der Waals surface area contributed by atoms with Crippen molar-refractivity contribution in [3.8, 4) is 11.5 Å².